The molecule has 0 fully saturated rings. The molecule has 1 aromatic carbocycles. The molecule has 0 heterocycles. The van der Waals surface area contributed by atoms with Crippen LogP contribution in [0, 0.1) is 5.92 Å². The van der Waals surface area contributed by atoms with E-state index in [-0.39, 0.29) is 17.3 Å². The first-order valence-electron chi connectivity index (χ1n) is 7.73. The van der Waals surface area contributed by atoms with Crippen molar-refractivity contribution in [1.82, 2.24) is 9.62 Å². The summed E-state index contributed by atoms with van der Waals surface area (Å²) in [5, 5.41) is 2.73. The number of ether oxygens (including phenoxy) is 1. The van der Waals surface area contributed by atoms with Gasteiger partial charge in [0.2, 0.25) is 15.9 Å². The van der Waals surface area contributed by atoms with Crippen molar-refractivity contribution in [2.75, 3.05) is 26.7 Å². The summed E-state index contributed by atoms with van der Waals surface area (Å²) in [7, 11) is -2.29. The zero-order chi connectivity index (χ0) is 17.5. The van der Waals surface area contributed by atoms with Gasteiger partial charge in [-0.25, -0.2) is 8.42 Å². The highest BCUT2D eigenvalue weighted by Gasteiger charge is 2.22. The van der Waals surface area contributed by atoms with Gasteiger partial charge in [-0.15, -0.1) is 0 Å². The second kappa shape index (κ2) is 8.88. The number of nitrogens with one attached hydrogen (secondary N) is 1. The predicted octanol–water partition coefficient (Wildman–Crippen LogP) is 1.87. The molecule has 1 N–H and O–H groups in total. The van der Waals surface area contributed by atoms with E-state index < -0.39 is 10.0 Å². The smallest absolute Gasteiger partial charge is 0.243 e. The first-order valence-corrected chi connectivity index (χ1v) is 9.17. The maximum absolute atomic E-state index is 12.4. The van der Waals surface area contributed by atoms with Gasteiger partial charge in [0.05, 0.1) is 18.0 Å². The third-order valence-electron chi connectivity index (χ3n) is 3.25. The Morgan fingerprint density at radius 2 is 1.87 bits per heavy atom. The van der Waals surface area contributed by atoms with Gasteiger partial charge in [0.25, 0.3) is 0 Å². The summed E-state index contributed by atoms with van der Waals surface area (Å²) in [6.45, 7) is 6.85. The molecule has 0 unspecified atom stereocenters. The van der Waals surface area contributed by atoms with Gasteiger partial charge in [-0.3, -0.25) is 4.79 Å². The monoisotopic (exact) mass is 342 g/mol. The standard InChI is InChI=1S/C16H26N2O4S/c1-5-22-14-6-8-15(9-7-14)23(20,21)18(4)12-16(19)17-11-10-13(2)3/h6-9,13H,5,10-12H2,1-4H3,(H,17,19). The number of carbonyl (C=O) groups is 1. The zero-order valence-electron chi connectivity index (χ0n) is 14.2. The van der Waals surface area contributed by atoms with Gasteiger partial charge < -0.3 is 10.1 Å². The van der Waals surface area contributed by atoms with Gasteiger partial charge in [0, 0.05) is 13.6 Å². The van der Waals surface area contributed by atoms with Gasteiger partial charge in [-0.2, -0.15) is 4.31 Å². The molecule has 0 radical (unpaired) electrons. The average molecular weight is 342 g/mol. The zero-order valence-corrected chi connectivity index (χ0v) is 15.0. The fourth-order valence-electron chi connectivity index (χ4n) is 1.90. The Balaban J connectivity index is 2.65. The van der Waals surface area contributed by atoms with Crippen molar-refractivity contribution >= 4 is 15.9 Å². The van der Waals surface area contributed by atoms with Gasteiger partial charge >= 0.3 is 0 Å². The summed E-state index contributed by atoms with van der Waals surface area (Å²) in [5.41, 5.74) is 0. The summed E-state index contributed by atoms with van der Waals surface area (Å²) in [4.78, 5) is 12.0. The number of sulfonamides is 1. The quantitative estimate of drug-likeness (QED) is 0.743. The first kappa shape index (κ1) is 19.4. The number of hydrogen-bond acceptors (Lipinski definition) is 4. The fraction of sp³-hybridized carbons (Fsp3) is 0.562. The van der Waals surface area contributed by atoms with Crippen LogP contribution in [0.15, 0.2) is 29.2 Å². The largest absolute Gasteiger partial charge is 0.494 e. The highest BCUT2D eigenvalue weighted by molar-refractivity contribution is 7.89. The fourth-order valence-corrected chi connectivity index (χ4v) is 3.02. The van der Waals surface area contributed by atoms with Crippen LogP contribution in [-0.2, 0) is 14.8 Å². The molecular weight excluding hydrogens is 316 g/mol. The van der Waals surface area contributed by atoms with E-state index in [0.29, 0.717) is 24.8 Å². The molecule has 130 valence electrons. The van der Waals surface area contributed by atoms with Crippen molar-refractivity contribution < 1.29 is 17.9 Å². The van der Waals surface area contributed by atoms with Crippen molar-refractivity contribution in [3.8, 4) is 5.75 Å². The van der Waals surface area contributed by atoms with E-state index in [1.165, 1.54) is 19.2 Å². The third kappa shape index (κ3) is 6.19. The molecule has 1 amide bonds. The molecule has 7 heteroatoms. The van der Waals surface area contributed by atoms with E-state index in [9.17, 15) is 13.2 Å². The van der Waals surface area contributed by atoms with Crippen LogP contribution in [0.25, 0.3) is 0 Å². The molecule has 0 atom stereocenters. The summed E-state index contributed by atoms with van der Waals surface area (Å²) in [5.74, 6) is 0.795. The summed E-state index contributed by atoms with van der Waals surface area (Å²) in [6.07, 6.45) is 0.862. The van der Waals surface area contributed by atoms with Crippen LogP contribution in [0.3, 0.4) is 0 Å². The highest BCUT2D eigenvalue weighted by Crippen LogP contribution is 2.18. The van der Waals surface area contributed by atoms with Crippen molar-refractivity contribution in [3.05, 3.63) is 24.3 Å². The Morgan fingerprint density at radius 1 is 1.26 bits per heavy atom. The lowest BCUT2D eigenvalue weighted by molar-refractivity contribution is -0.121. The predicted molar refractivity (Wildman–Crippen MR) is 89.9 cm³/mol. The molecule has 0 aliphatic heterocycles. The summed E-state index contributed by atoms with van der Waals surface area (Å²) in [6, 6.07) is 6.17. The third-order valence-corrected chi connectivity index (χ3v) is 5.07. The van der Waals surface area contributed by atoms with Crippen molar-refractivity contribution in [1.29, 1.82) is 0 Å². The lowest BCUT2D eigenvalue weighted by Gasteiger charge is -2.17. The highest BCUT2D eigenvalue weighted by atomic mass is 32.2. The molecule has 1 aromatic rings. The maximum atomic E-state index is 12.4. The van der Waals surface area contributed by atoms with Gasteiger partial charge in [0.15, 0.2) is 0 Å². The van der Waals surface area contributed by atoms with Crippen molar-refractivity contribution in [2.45, 2.75) is 32.1 Å². The molecule has 0 aromatic heterocycles. The molecule has 0 aliphatic carbocycles. The normalized spacial score (nSPS) is 11.7. The van der Waals surface area contributed by atoms with E-state index in [4.69, 9.17) is 4.74 Å². The molecule has 0 saturated heterocycles. The molecular formula is C16H26N2O4S. The van der Waals surface area contributed by atoms with Crippen molar-refractivity contribution in [3.63, 3.8) is 0 Å². The first-order chi connectivity index (χ1) is 10.8. The number of amides is 1. The van der Waals surface area contributed by atoms with Crippen LogP contribution in [0.5, 0.6) is 5.75 Å². The number of benzene rings is 1. The number of carbonyl (C=O) groups excluding carboxylic acids is 1. The van der Waals surface area contributed by atoms with Crippen LogP contribution in [0.4, 0.5) is 0 Å². The van der Waals surface area contributed by atoms with Crippen LogP contribution in [-0.4, -0.2) is 45.4 Å². The second-order valence-electron chi connectivity index (χ2n) is 5.70. The van der Waals surface area contributed by atoms with Gasteiger partial charge in [0.1, 0.15) is 5.75 Å². The Hall–Kier alpha value is -1.60. The summed E-state index contributed by atoms with van der Waals surface area (Å²) < 4.78 is 31.2. The molecule has 23 heavy (non-hydrogen) atoms. The number of nitrogens with zero attached hydrogens (tertiary/aromatic N) is 1. The molecule has 0 bridgehead atoms. The average Bonchev–Trinajstić information content (AvgIpc) is 2.47. The van der Waals surface area contributed by atoms with Crippen molar-refractivity contribution in [2.24, 2.45) is 5.92 Å². The Bertz CT molecular complexity index is 597. The number of rotatable bonds is 9. The van der Waals surface area contributed by atoms with E-state index in [2.05, 4.69) is 19.2 Å². The molecule has 0 spiro atoms. The van der Waals surface area contributed by atoms with Crippen LogP contribution >= 0.6 is 0 Å². The Morgan fingerprint density at radius 3 is 2.39 bits per heavy atom. The molecule has 1 rings (SSSR count). The minimum Gasteiger partial charge on any atom is -0.494 e. The van der Waals surface area contributed by atoms with Crippen LogP contribution < -0.4 is 10.1 Å². The minimum atomic E-state index is -3.69. The van der Waals surface area contributed by atoms with E-state index in [1.54, 1.807) is 12.1 Å². The second-order valence-corrected chi connectivity index (χ2v) is 7.74. The van der Waals surface area contributed by atoms with Gasteiger partial charge in [-0.1, -0.05) is 13.8 Å². The number of likely N-dealkylation sites (N-methyl/N-ethyl adjacent to an activating group) is 1. The SMILES string of the molecule is CCOc1ccc(S(=O)(=O)N(C)CC(=O)NCCC(C)C)cc1. The minimum absolute atomic E-state index is 0.137. The van der Waals surface area contributed by atoms with Gasteiger partial charge in [-0.05, 0) is 43.5 Å². The molecule has 6 nitrogen and oxygen atoms in total. The Kier molecular flexibility index (Phi) is 7.51. The van der Waals surface area contributed by atoms with E-state index in [0.717, 1.165) is 10.7 Å². The maximum Gasteiger partial charge on any atom is 0.243 e. The number of hydrogen-bond donors (Lipinski definition) is 1. The van der Waals surface area contributed by atoms with Crippen LogP contribution in [0.2, 0.25) is 0 Å². The van der Waals surface area contributed by atoms with E-state index in [1.807, 2.05) is 6.92 Å². The molecule has 0 saturated carbocycles. The Labute approximate surface area is 138 Å². The summed E-state index contributed by atoms with van der Waals surface area (Å²) >= 11 is 0. The molecule has 0 aliphatic rings. The van der Waals surface area contributed by atoms with E-state index >= 15 is 0 Å². The topological polar surface area (TPSA) is 75.7 Å². The lowest BCUT2D eigenvalue weighted by Crippen LogP contribution is -2.38. The van der Waals surface area contributed by atoms with Crippen LogP contribution in [0.1, 0.15) is 27.2 Å². The lowest BCUT2D eigenvalue weighted by atomic mass is 10.1.